The Morgan fingerprint density at radius 3 is 2.92 bits per heavy atom. The predicted octanol–water partition coefficient (Wildman–Crippen LogP) is 1.97. The number of nitrogens with one attached hydrogen (secondary N) is 2. The largest absolute Gasteiger partial charge is 0.492 e. The Bertz CT molecular complexity index is 732. The van der Waals surface area contributed by atoms with Crippen molar-refractivity contribution in [2.45, 2.75) is 13.3 Å². The van der Waals surface area contributed by atoms with Gasteiger partial charge in [0.2, 0.25) is 6.79 Å². The molecule has 2 aromatic rings. The minimum absolute atomic E-state index is 0.267. The fourth-order valence-corrected chi connectivity index (χ4v) is 3.12. The maximum Gasteiger partial charge on any atom is 0.231 e. The zero-order valence-corrected chi connectivity index (χ0v) is 15.2. The number of ether oxygens (including phenoxy) is 3. The van der Waals surface area contributed by atoms with E-state index in [9.17, 15) is 0 Å². The van der Waals surface area contributed by atoms with E-state index in [0.29, 0.717) is 13.2 Å². The summed E-state index contributed by atoms with van der Waals surface area (Å²) < 4.78 is 16.3. The van der Waals surface area contributed by atoms with Gasteiger partial charge in [0.05, 0.1) is 11.6 Å². The maximum absolute atomic E-state index is 5.71. The van der Waals surface area contributed by atoms with E-state index in [1.54, 1.807) is 18.4 Å². The topological polar surface area (TPSA) is 77.0 Å². The molecule has 0 saturated heterocycles. The van der Waals surface area contributed by atoms with Crippen molar-refractivity contribution in [1.82, 2.24) is 15.6 Å². The van der Waals surface area contributed by atoms with Crippen LogP contribution in [-0.2, 0) is 6.42 Å². The molecule has 0 bridgehead atoms. The van der Waals surface area contributed by atoms with E-state index < -0.39 is 0 Å². The third-order valence-electron chi connectivity index (χ3n) is 3.53. The molecule has 0 aliphatic carbocycles. The van der Waals surface area contributed by atoms with Gasteiger partial charge in [-0.25, -0.2) is 4.98 Å². The summed E-state index contributed by atoms with van der Waals surface area (Å²) in [5.74, 6) is 2.99. The summed E-state index contributed by atoms with van der Waals surface area (Å²) in [6, 6.07) is 5.56. The third kappa shape index (κ3) is 4.99. The number of benzene rings is 1. The first-order valence-corrected chi connectivity index (χ1v) is 8.94. The monoisotopic (exact) mass is 362 g/mol. The standard InChI is InChI=1S/C17H22N4O3S/c1-12-10-21-16(25-12)5-6-19-17(18-2)20-7-8-22-13-3-4-14-15(9-13)24-11-23-14/h3-4,9-10H,5-8,11H2,1-2H3,(H2,18,19,20). The van der Waals surface area contributed by atoms with Crippen LogP contribution in [0.1, 0.15) is 9.88 Å². The lowest BCUT2D eigenvalue weighted by Gasteiger charge is -2.12. The number of thiazole rings is 1. The average Bonchev–Trinajstić information content (AvgIpc) is 3.25. The first kappa shape index (κ1) is 17.3. The zero-order chi connectivity index (χ0) is 17.5. The number of aromatic nitrogens is 1. The van der Waals surface area contributed by atoms with Crippen molar-refractivity contribution in [2.75, 3.05) is 33.5 Å². The van der Waals surface area contributed by atoms with E-state index in [1.807, 2.05) is 24.4 Å². The number of aliphatic imine (C=N–C) groups is 1. The summed E-state index contributed by atoms with van der Waals surface area (Å²) in [7, 11) is 1.75. The molecule has 1 aliphatic heterocycles. The molecule has 8 heteroatoms. The van der Waals surface area contributed by atoms with Gasteiger partial charge in [0.1, 0.15) is 12.4 Å². The van der Waals surface area contributed by atoms with Crippen molar-refractivity contribution in [3.63, 3.8) is 0 Å². The zero-order valence-electron chi connectivity index (χ0n) is 14.4. The molecule has 7 nitrogen and oxygen atoms in total. The molecule has 2 N–H and O–H groups in total. The molecule has 25 heavy (non-hydrogen) atoms. The summed E-state index contributed by atoms with van der Waals surface area (Å²) in [4.78, 5) is 9.79. The highest BCUT2D eigenvalue weighted by molar-refractivity contribution is 7.11. The highest BCUT2D eigenvalue weighted by Gasteiger charge is 2.13. The fraction of sp³-hybridized carbons (Fsp3) is 0.412. The molecule has 0 unspecified atom stereocenters. The third-order valence-corrected chi connectivity index (χ3v) is 4.50. The van der Waals surface area contributed by atoms with Gasteiger partial charge in [0.15, 0.2) is 17.5 Å². The highest BCUT2D eigenvalue weighted by atomic mass is 32.1. The van der Waals surface area contributed by atoms with Crippen LogP contribution in [0.2, 0.25) is 0 Å². The molecule has 0 saturated carbocycles. The van der Waals surface area contributed by atoms with E-state index in [1.165, 1.54) is 4.88 Å². The molecule has 0 radical (unpaired) electrons. The molecule has 0 fully saturated rings. The van der Waals surface area contributed by atoms with Crippen LogP contribution in [0.5, 0.6) is 17.2 Å². The second-order valence-corrected chi connectivity index (χ2v) is 6.72. The summed E-state index contributed by atoms with van der Waals surface area (Å²) in [6.07, 6.45) is 2.79. The predicted molar refractivity (Wildman–Crippen MR) is 98.0 cm³/mol. The first-order valence-electron chi connectivity index (χ1n) is 8.13. The van der Waals surface area contributed by atoms with Gasteiger partial charge in [-0.05, 0) is 19.1 Å². The average molecular weight is 362 g/mol. The number of hydrogen-bond donors (Lipinski definition) is 2. The van der Waals surface area contributed by atoms with Crippen LogP contribution in [0.25, 0.3) is 0 Å². The van der Waals surface area contributed by atoms with Crippen molar-refractivity contribution in [2.24, 2.45) is 4.99 Å². The van der Waals surface area contributed by atoms with E-state index in [0.717, 1.165) is 41.2 Å². The van der Waals surface area contributed by atoms with Crippen LogP contribution in [0.4, 0.5) is 0 Å². The molecule has 0 amide bonds. The van der Waals surface area contributed by atoms with Crippen molar-refractivity contribution < 1.29 is 14.2 Å². The first-order chi connectivity index (χ1) is 12.2. The summed E-state index contributed by atoms with van der Waals surface area (Å²) in [6.45, 7) is 4.28. The van der Waals surface area contributed by atoms with Gasteiger partial charge in [-0.15, -0.1) is 11.3 Å². The van der Waals surface area contributed by atoms with E-state index in [2.05, 4.69) is 27.5 Å². The van der Waals surface area contributed by atoms with Crippen LogP contribution in [-0.4, -0.2) is 44.5 Å². The van der Waals surface area contributed by atoms with Crippen molar-refractivity contribution in [3.05, 3.63) is 34.3 Å². The molecule has 0 atom stereocenters. The lowest BCUT2D eigenvalue weighted by Crippen LogP contribution is -2.40. The Kier molecular flexibility index (Phi) is 5.95. The molecule has 1 aromatic carbocycles. The Balaban J connectivity index is 1.34. The van der Waals surface area contributed by atoms with Crippen molar-refractivity contribution in [3.8, 4) is 17.2 Å². The second-order valence-electron chi connectivity index (χ2n) is 5.40. The number of guanidine groups is 1. The van der Waals surface area contributed by atoms with Crippen molar-refractivity contribution in [1.29, 1.82) is 0 Å². The van der Waals surface area contributed by atoms with Gasteiger partial charge in [-0.2, -0.15) is 0 Å². The Morgan fingerprint density at radius 2 is 2.12 bits per heavy atom. The minimum Gasteiger partial charge on any atom is -0.492 e. The SMILES string of the molecule is CN=C(NCCOc1ccc2c(c1)OCO2)NCCc1ncc(C)s1. The number of nitrogens with zero attached hydrogens (tertiary/aromatic N) is 2. The van der Waals surface area contributed by atoms with E-state index >= 15 is 0 Å². The van der Waals surface area contributed by atoms with Gasteiger partial charge >= 0.3 is 0 Å². The Labute approximate surface area is 151 Å². The van der Waals surface area contributed by atoms with Gasteiger partial charge in [0.25, 0.3) is 0 Å². The number of aryl methyl sites for hydroxylation is 1. The van der Waals surface area contributed by atoms with E-state index in [-0.39, 0.29) is 6.79 Å². The molecule has 2 heterocycles. The van der Waals surface area contributed by atoms with Crippen LogP contribution in [0.15, 0.2) is 29.4 Å². The highest BCUT2D eigenvalue weighted by Crippen LogP contribution is 2.34. The summed E-state index contributed by atoms with van der Waals surface area (Å²) in [5.41, 5.74) is 0. The van der Waals surface area contributed by atoms with Crippen molar-refractivity contribution >= 4 is 17.3 Å². The molecule has 0 spiro atoms. The molecular formula is C17H22N4O3S. The van der Waals surface area contributed by atoms with Gasteiger partial charge in [-0.1, -0.05) is 0 Å². The van der Waals surface area contributed by atoms with Gasteiger partial charge in [-0.3, -0.25) is 4.99 Å². The van der Waals surface area contributed by atoms with Crippen LogP contribution < -0.4 is 24.8 Å². The number of rotatable bonds is 7. The Hall–Kier alpha value is -2.48. The Morgan fingerprint density at radius 1 is 1.28 bits per heavy atom. The molecule has 134 valence electrons. The quantitative estimate of drug-likeness (QED) is 0.445. The lowest BCUT2D eigenvalue weighted by atomic mass is 10.3. The smallest absolute Gasteiger partial charge is 0.231 e. The molecular weight excluding hydrogens is 340 g/mol. The summed E-state index contributed by atoms with van der Waals surface area (Å²) >= 11 is 1.72. The lowest BCUT2D eigenvalue weighted by molar-refractivity contribution is 0.173. The fourth-order valence-electron chi connectivity index (χ4n) is 2.33. The van der Waals surface area contributed by atoms with Crippen LogP contribution >= 0.6 is 11.3 Å². The van der Waals surface area contributed by atoms with Gasteiger partial charge < -0.3 is 24.8 Å². The molecule has 1 aliphatic rings. The second kappa shape index (κ2) is 8.57. The van der Waals surface area contributed by atoms with Crippen LogP contribution in [0, 0.1) is 6.92 Å². The minimum atomic E-state index is 0.267. The van der Waals surface area contributed by atoms with Gasteiger partial charge in [0, 0.05) is 37.2 Å². The molecule has 1 aromatic heterocycles. The summed E-state index contributed by atoms with van der Waals surface area (Å²) in [5, 5.41) is 7.63. The maximum atomic E-state index is 5.71. The normalized spacial score (nSPS) is 13.0. The van der Waals surface area contributed by atoms with Crippen LogP contribution in [0.3, 0.4) is 0 Å². The van der Waals surface area contributed by atoms with E-state index in [4.69, 9.17) is 14.2 Å². The number of fused-ring (bicyclic) bond motifs is 1. The number of hydrogen-bond acceptors (Lipinski definition) is 6. The molecule has 3 rings (SSSR count).